The number of carbonyl (C=O) groups excluding carboxylic acids is 1. The fraction of sp³-hybridized carbons (Fsp3) is 0.900. The summed E-state index contributed by atoms with van der Waals surface area (Å²) in [5.74, 6) is -0.323. The van der Waals surface area contributed by atoms with Gasteiger partial charge in [0.15, 0.2) is 0 Å². The molecular formula is C10H23N3O2. The van der Waals surface area contributed by atoms with Crippen molar-refractivity contribution < 1.29 is 9.53 Å². The van der Waals surface area contributed by atoms with Crippen molar-refractivity contribution >= 4 is 5.91 Å². The van der Waals surface area contributed by atoms with Gasteiger partial charge in [-0.25, -0.2) is 0 Å². The predicted octanol–water partition coefficient (Wildman–Crippen LogP) is -0.454. The Labute approximate surface area is 91.7 Å². The molecule has 0 aliphatic heterocycles. The van der Waals surface area contributed by atoms with Crippen molar-refractivity contribution in [3.8, 4) is 0 Å². The van der Waals surface area contributed by atoms with Gasteiger partial charge in [0.25, 0.3) is 0 Å². The number of rotatable bonds is 8. The Morgan fingerprint density at radius 1 is 1.47 bits per heavy atom. The Hall–Kier alpha value is -0.650. The van der Waals surface area contributed by atoms with E-state index in [0.29, 0.717) is 19.7 Å². The zero-order valence-electron chi connectivity index (χ0n) is 9.90. The quantitative estimate of drug-likeness (QED) is 0.577. The van der Waals surface area contributed by atoms with Crippen molar-refractivity contribution in [1.29, 1.82) is 0 Å². The third-order valence-corrected chi connectivity index (χ3v) is 2.19. The fourth-order valence-electron chi connectivity index (χ4n) is 1.35. The Kier molecular flexibility index (Phi) is 7.29. The maximum Gasteiger partial charge on any atom is 0.231 e. The lowest BCUT2D eigenvalue weighted by Gasteiger charge is -2.28. The van der Waals surface area contributed by atoms with Gasteiger partial charge in [0.1, 0.15) is 0 Å². The zero-order valence-corrected chi connectivity index (χ0v) is 9.90. The summed E-state index contributed by atoms with van der Waals surface area (Å²) in [6.07, 6.45) is -0.0308. The Morgan fingerprint density at radius 2 is 2.07 bits per heavy atom. The third kappa shape index (κ3) is 6.43. The first kappa shape index (κ1) is 14.3. The Bertz CT molecular complexity index is 186. The number of hydrogen-bond acceptors (Lipinski definition) is 4. The van der Waals surface area contributed by atoms with Crippen molar-refractivity contribution in [2.75, 3.05) is 26.2 Å². The molecule has 0 aromatic carbocycles. The second-order valence-corrected chi connectivity index (χ2v) is 3.80. The van der Waals surface area contributed by atoms with Crippen LogP contribution < -0.4 is 11.5 Å². The minimum Gasteiger partial charge on any atom is -0.376 e. The average molecular weight is 217 g/mol. The lowest BCUT2D eigenvalue weighted by molar-refractivity contribution is -0.120. The topological polar surface area (TPSA) is 81.6 Å². The molecule has 0 spiro atoms. The van der Waals surface area contributed by atoms with Gasteiger partial charge in [0.2, 0.25) is 5.91 Å². The molecule has 5 heteroatoms. The summed E-state index contributed by atoms with van der Waals surface area (Å²) < 4.78 is 5.43. The molecule has 0 aromatic heterocycles. The van der Waals surface area contributed by atoms with Gasteiger partial charge in [-0.15, -0.1) is 0 Å². The van der Waals surface area contributed by atoms with Gasteiger partial charge in [-0.05, 0) is 20.8 Å². The highest BCUT2D eigenvalue weighted by molar-refractivity contribution is 5.75. The molecule has 0 saturated heterocycles. The lowest BCUT2D eigenvalue weighted by Crippen LogP contribution is -2.45. The van der Waals surface area contributed by atoms with Crippen molar-refractivity contribution in [2.45, 2.75) is 32.9 Å². The van der Waals surface area contributed by atoms with E-state index in [2.05, 4.69) is 0 Å². The molecule has 0 aromatic rings. The highest BCUT2D eigenvalue weighted by Crippen LogP contribution is 2.01. The molecule has 0 aliphatic carbocycles. The summed E-state index contributed by atoms with van der Waals surface area (Å²) in [7, 11) is 0. The summed E-state index contributed by atoms with van der Waals surface area (Å²) in [5, 5.41) is 0. The van der Waals surface area contributed by atoms with Crippen LogP contribution in [0.1, 0.15) is 20.8 Å². The van der Waals surface area contributed by atoms with Crippen molar-refractivity contribution in [3.63, 3.8) is 0 Å². The van der Waals surface area contributed by atoms with Gasteiger partial charge in [-0.2, -0.15) is 0 Å². The van der Waals surface area contributed by atoms with Crippen LogP contribution in [0.5, 0.6) is 0 Å². The molecule has 0 rings (SSSR count). The van der Waals surface area contributed by atoms with Crippen molar-refractivity contribution in [3.05, 3.63) is 0 Å². The SMILES string of the molecule is CCOC(CN)CN(CC(N)=O)C(C)C. The van der Waals surface area contributed by atoms with Gasteiger partial charge < -0.3 is 16.2 Å². The van der Waals surface area contributed by atoms with Crippen LogP contribution in [-0.2, 0) is 9.53 Å². The summed E-state index contributed by atoms with van der Waals surface area (Å²) in [4.78, 5) is 12.8. The molecule has 1 amide bonds. The Balaban J connectivity index is 4.18. The molecule has 5 nitrogen and oxygen atoms in total. The number of nitrogens with zero attached hydrogens (tertiary/aromatic N) is 1. The molecule has 0 radical (unpaired) electrons. The van der Waals surface area contributed by atoms with E-state index in [1.54, 1.807) is 0 Å². The van der Waals surface area contributed by atoms with Crippen LogP contribution in [0.15, 0.2) is 0 Å². The van der Waals surface area contributed by atoms with E-state index in [9.17, 15) is 4.79 Å². The summed E-state index contributed by atoms with van der Waals surface area (Å²) >= 11 is 0. The minimum atomic E-state index is -0.323. The summed E-state index contributed by atoms with van der Waals surface area (Å²) in [6, 6.07) is 0.256. The molecule has 0 fully saturated rings. The van der Waals surface area contributed by atoms with Gasteiger partial charge in [0.05, 0.1) is 12.6 Å². The summed E-state index contributed by atoms with van der Waals surface area (Å²) in [6.45, 7) is 7.94. The Morgan fingerprint density at radius 3 is 2.40 bits per heavy atom. The number of nitrogens with two attached hydrogens (primary N) is 2. The van der Waals surface area contributed by atoms with E-state index in [0.717, 1.165) is 0 Å². The zero-order chi connectivity index (χ0) is 11.8. The van der Waals surface area contributed by atoms with Gasteiger partial charge in [0, 0.05) is 25.7 Å². The number of carbonyl (C=O) groups is 1. The molecule has 0 bridgehead atoms. The van der Waals surface area contributed by atoms with Crippen LogP contribution in [0, 0.1) is 0 Å². The largest absolute Gasteiger partial charge is 0.376 e. The molecule has 0 saturated carbocycles. The number of primary amides is 1. The number of ether oxygens (including phenoxy) is 1. The van der Waals surface area contributed by atoms with Crippen molar-refractivity contribution in [2.24, 2.45) is 11.5 Å². The van der Waals surface area contributed by atoms with Crippen molar-refractivity contribution in [1.82, 2.24) is 4.90 Å². The van der Waals surface area contributed by atoms with E-state index in [4.69, 9.17) is 16.2 Å². The molecule has 0 heterocycles. The lowest BCUT2D eigenvalue weighted by atomic mass is 10.2. The maximum atomic E-state index is 10.9. The smallest absolute Gasteiger partial charge is 0.231 e. The maximum absolute atomic E-state index is 10.9. The summed E-state index contributed by atoms with van der Waals surface area (Å²) in [5.41, 5.74) is 10.7. The van der Waals surface area contributed by atoms with Crippen LogP contribution >= 0.6 is 0 Å². The molecule has 1 atom stereocenters. The second-order valence-electron chi connectivity index (χ2n) is 3.80. The second kappa shape index (κ2) is 7.62. The highest BCUT2D eigenvalue weighted by Gasteiger charge is 2.17. The van der Waals surface area contributed by atoms with Gasteiger partial charge >= 0.3 is 0 Å². The average Bonchev–Trinajstić information content (AvgIpc) is 2.14. The monoisotopic (exact) mass is 217 g/mol. The van der Waals surface area contributed by atoms with Crippen LogP contribution in [0.4, 0.5) is 0 Å². The first-order chi connectivity index (χ1) is 7.01. The standard InChI is InChI=1S/C10H23N3O2/c1-4-15-9(5-11)6-13(8(2)3)7-10(12)14/h8-9H,4-7,11H2,1-3H3,(H2,12,14). The predicted molar refractivity (Wildman–Crippen MR) is 60.4 cm³/mol. The van der Waals surface area contributed by atoms with Crippen LogP contribution in [0.2, 0.25) is 0 Å². The number of hydrogen-bond donors (Lipinski definition) is 2. The molecular weight excluding hydrogens is 194 g/mol. The first-order valence-corrected chi connectivity index (χ1v) is 5.35. The van der Waals surface area contributed by atoms with Crippen LogP contribution in [0.3, 0.4) is 0 Å². The van der Waals surface area contributed by atoms with E-state index in [-0.39, 0.29) is 24.6 Å². The third-order valence-electron chi connectivity index (χ3n) is 2.19. The molecule has 90 valence electrons. The van der Waals surface area contributed by atoms with Crippen LogP contribution in [0.25, 0.3) is 0 Å². The van der Waals surface area contributed by atoms with Gasteiger partial charge in [-0.3, -0.25) is 9.69 Å². The fourth-order valence-corrected chi connectivity index (χ4v) is 1.35. The van der Waals surface area contributed by atoms with E-state index >= 15 is 0 Å². The van der Waals surface area contributed by atoms with E-state index in [1.807, 2.05) is 25.7 Å². The normalized spacial score (nSPS) is 13.5. The number of amides is 1. The van der Waals surface area contributed by atoms with Gasteiger partial charge in [-0.1, -0.05) is 0 Å². The first-order valence-electron chi connectivity index (χ1n) is 5.35. The van der Waals surface area contributed by atoms with E-state index in [1.165, 1.54) is 0 Å². The molecule has 1 unspecified atom stereocenters. The van der Waals surface area contributed by atoms with Crippen LogP contribution in [-0.4, -0.2) is 49.2 Å². The molecule has 4 N–H and O–H groups in total. The molecule has 15 heavy (non-hydrogen) atoms. The minimum absolute atomic E-state index is 0.0308. The molecule has 0 aliphatic rings. The van der Waals surface area contributed by atoms with E-state index < -0.39 is 0 Å². The highest BCUT2D eigenvalue weighted by atomic mass is 16.5.